The smallest absolute Gasteiger partial charge is 0.330 e. The van der Waals surface area contributed by atoms with Crippen LogP contribution in [-0.4, -0.2) is 12.6 Å². The summed E-state index contributed by atoms with van der Waals surface area (Å²) in [6, 6.07) is 9.41. The van der Waals surface area contributed by atoms with E-state index in [-0.39, 0.29) is 6.61 Å². The number of esters is 1. The van der Waals surface area contributed by atoms with E-state index in [1.54, 1.807) is 19.9 Å². The highest BCUT2D eigenvalue weighted by Crippen LogP contribution is 2.27. The van der Waals surface area contributed by atoms with Crippen LogP contribution in [0.25, 0.3) is 0 Å². The molecule has 0 heterocycles. The zero-order chi connectivity index (χ0) is 12.2. The average Bonchev–Trinajstić information content (AvgIpc) is 2.29. The Kier molecular flexibility index (Phi) is 3.68. The van der Waals surface area contributed by atoms with E-state index in [0.717, 1.165) is 5.56 Å². The van der Waals surface area contributed by atoms with Crippen molar-refractivity contribution in [3.8, 4) is 6.07 Å². The Hall–Kier alpha value is -1.82. The zero-order valence-electron chi connectivity index (χ0n) is 9.78. The summed E-state index contributed by atoms with van der Waals surface area (Å²) in [4.78, 5) is 11.8. The minimum atomic E-state index is -1.22. The number of nitriles is 1. The SMILES string of the molecule is CCOC(=O)C(C)(C#N)c1ccccc1C. The zero-order valence-corrected chi connectivity index (χ0v) is 9.78. The second-order valence-corrected chi connectivity index (χ2v) is 3.77. The number of nitrogens with zero attached hydrogens (tertiary/aromatic N) is 1. The highest BCUT2D eigenvalue weighted by molar-refractivity contribution is 5.86. The van der Waals surface area contributed by atoms with Crippen LogP contribution in [0.3, 0.4) is 0 Å². The maximum absolute atomic E-state index is 11.8. The van der Waals surface area contributed by atoms with Gasteiger partial charge >= 0.3 is 5.97 Å². The molecule has 0 N–H and O–H groups in total. The van der Waals surface area contributed by atoms with E-state index in [2.05, 4.69) is 0 Å². The summed E-state index contributed by atoms with van der Waals surface area (Å²) in [7, 11) is 0. The highest BCUT2D eigenvalue weighted by atomic mass is 16.5. The van der Waals surface area contributed by atoms with Crippen LogP contribution in [0, 0.1) is 18.3 Å². The van der Waals surface area contributed by atoms with Gasteiger partial charge in [0.2, 0.25) is 0 Å². The highest BCUT2D eigenvalue weighted by Gasteiger charge is 2.38. The fraction of sp³-hybridized carbons (Fsp3) is 0.385. The summed E-state index contributed by atoms with van der Waals surface area (Å²) in [5.41, 5.74) is 0.400. The molecular formula is C13H15NO2. The Balaban J connectivity index is 3.21. The number of hydrogen-bond donors (Lipinski definition) is 0. The molecule has 0 radical (unpaired) electrons. The van der Waals surface area contributed by atoms with Gasteiger partial charge in [-0.3, -0.25) is 0 Å². The Morgan fingerprint density at radius 1 is 1.50 bits per heavy atom. The molecule has 0 fully saturated rings. The first-order chi connectivity index (χ1) is 7.56. The Morgan fingerprint density at radius 3 is 2.62 bits per heavy atom. The number of benzene rings is 1. The van der Waals surface area contributed by atoms with Gasteiger partial charge in [-0.25, -0.2) is 4.79 Å². The second kappa shape index (κ2) is 4.80. The lowest BCUT2D eigenvalue weighted by Gasteiger charge is -2.21. The fourth-order valence-electron chi connectivity index (χ4n) is 1.63. The molecule has 0 aliphatic rings. The molecule has 1 aromatic carbocycles. The van der Waals surface area contributed by atoms with Crippen molar-refractivity contribution in [3.05, 3.63) is 35.4 Å². The summed E-state index contributed by atoms with van der Waals surface area (Å²) < 4.78 is 4.95. The Bertz CT molecular complexity index is 434. The van der Waals surface area contributed by atoms with Crippen LogP contribution in [0.4, 0.5) is 0 Å². The van der Waals surface area contributed by atoms with Crippen LogP contribution in [0.5, 0.6) is 0 Å². The van der Waals surface area contributed by atoms with Gasteiger partial charge in [-0.2, -0.15) is 5.26 Å². The molecule has 0 amide bonds. The van der Waals surface area contributed by atoms with Crippen LogP contribution in [0.1, 0.15) is 25.0 Å². The molecule has 0 aromatic heterocycles. The van der Waals surface area contributed by atoms with Gasteiger partial charge in [0.25, 0.3) is 0 Å². The lowest BCUT2D eigenvalue weighted by molar-refractivity contribution is -0.147. The van der Waals surface area contributed by atoms with Crippen LogP contribution >= 0.6 is 0 Å². The Labute approximate surface area is 95.7 Å². The molecule has 1 unspecified atom stereocenters. The van der Waals surface area contributed by atoms with Crippen molar-refractivity contribution in [1.29, 1.82) is 5.26 Å². The molecule has 16 heavy (non-hydrogen) atoms. The third-order valence-electron chi connectivity index (χ3n) is 2.59. The van der Waals surface area contributed by atoms with Gasteiger partial charge in [0, 0.05) is 0 Å². The summed E-state index contributed by atoms with van der Waals surface area (Å²) in [5, 5.41) is 9.21. The van der Waals surface area contributed by atoms with Gasteiger partial charge in [0.15, 0.2) is 5.41 Å². The van der Waals surface area contributed by atoms with E-state index in [4.69, 9.17) is 4.74 Å². The number of hydrogen-bond acceptors (Lipinski definition) is 3. The molecule has 84 valence electrons. The number of carbonyl (C=O) groups is 1. The lowest BCUT2D eigenvalue weighted by atomic mass is 9.81. The maximum atomic E-state index is 11.8. The first-order valence-electron chi connectivity index (χ1n) is 5.20. The number of carbonyl (C=O) groups excluding carboxylic acids is 1. The second-order valence-electron chi connectivity index (χ2n) is 3.77. The maximum Gasteiger partial charge on any atom is 0.330 e. The minimum Gasteiger partial charge on any atom is -0.465 e. The van der Waals surface area contributed by atoms with Gasteiger partial charge in [-0.1, -0.05) is 24.3 Å². The first kappa shape index (κ1) is 12.3. The predicted octanol–water partition coefficient (Wildman–Crippen LogP) is 2.34. The van der Waals surface area contributed by atoms with E-state index in [1.165, 1.54) is 0 Å². The number of rotatable bonds is 3. The normalized spacial score (nSPS) is 13.6. The fourth-order valence-corrected chi connectivity index (χ4v) is 1.63. The van der Waals surface area contributed by atoms with Crippen LogP contribution in [0.2, 0.25) is 0 Å². The number of ether oxygens (including phenoxy) is 1. The summed E-state index contributed by atoms with van der Waals surface area (Å²) in [5.74, 6) is -0.494. The van der Waals surface area contributed by atoms with E-state index < -0.39 is 11.4 Å². The predicted molar refractivity (Wildman–Crippen MR) is 60.8 cm³/mol. The molecule has 0 spiro atoms. The van der Waals surface area contributed by atoms with E-state index in [0.29, 0.717) is 5.56 Å². The van der Waals surface area contributed by atoms with Crippen LogP contribution < -0.4 is 0 Å². The van der Waals surface area contributed by atoms with Crippen molar-refractivity contribution in [3.63, 3.8) is 0 Å². The van der Waals surface area contributed by atoms with Gasteiger partial charge < -0.3 is 4.74 Å². The van der Waals surface area contributed by atoms with Gasteiger partial charge in [0.05, 0.1) is 12.7 Å². The molecule has 1 rings (SSSR count). The van der Waals surface area contributed by atoms with Crippen LogP contribution in [-0.2, 0) is 14.9 Å². The molecule has 1 aromatic rings. The monoisotopic (exact) mass is 217 g/mol. The largest absolute Gasteiger partial charge is 0.465 e. The van der Waals surface area contributed by atoms with Crippen molar-refractivity contribution in [2.24, 2.45) is 0 Å². The quantitative estimate of drug-likeness (QED) is 0.730. The summed E-state index contributed by atoms with van der Waals surface area (Å²) in [6.45, 7) is 5.48. The Morgan fingerprint density at radius 2 is 2.12 bits per heavy atom. The minimum absolute atomic E-state index is 0.280. The summed E-state index contributed by atoms with van der Waals surface area (Å²) in [6.07, 6.45) is 0. The van der Waals surface area contributed by atoms with E-state index in [1.807, 2.05) is 31.2 Å². The van der Waals surface area contributed by atoms with Crippen molar-refractivity contribution in [2.45, 2.75) is 26.2 Å². The van der Waals surface area contributed by atoms with Crippen LogP contribution in [0.15, 0.2) is 24.3 Å². The van der Waals surface area contributed by atoms with E-state index >= 15 is 0 Å². The van der Waals surface area contributed by atoms with Gasteiger partial charge in [0.1, 0.15) is 0 Å². The van der Waals surface area contributed by atoms with Crippen molar-refractivity contribution in [1.82, 2.24) is 0 Å². The lowest BCUT2D eigenvalue weighted by Crippen LogP contribution is -2.33. The standard InChI is InChI=1S/C13H15NO2/c1-4-16-12(15)13(3,9-14)11-8-6-5-7-10(11)2/h5-8H,4H2,1-3H3. The molecule has 0 aliphatic carbocycles. The molecule has 0 saturated carbocycles. The van der Waals surface area contributed by atoms with Crippen molar-refractivity contribution < 1.29 is 9.53 Å². The topological polar surface area (TPSA) is 50.1 Å². The number of aryl methyl sites for hydroxylation is 1. The molecule has 0 saturated heterocycles. The molecule has 3 heteroatoms. The third kappa shape index (κ3) is 2.06. The molecular weight excluding hydrogens is 202 g/mol. The first-order valence-corrected chi connectivity index (χ1v) is 5.20. The van der Waals surface area contributed by atoms with Gasteiger partial charge in [-0.15, -0.1) is 0 Å². The molecule has 1 atom stereocenters. The third-order valence-corrected chi connectivity index (χ3v) is 2.59. The van der Waals surface area contributed by atoms with Crippen molar-refractivity contribution >= 4 is 5.97 Å². The summed E-state index contributed by atoms with van der Waals surface area (Å²) >= 11 is 0. The molecule has 3 nitrogen and oxygen atoms in total. The van der Waals surface area contributed by atoms with Crippen molar-refractivity contribution in [2.75, 3.05) is 6.61 Å². The average molecular weight is 217 g/mol. The molecule has 0 aliphatic heterocycles. The van der Waals surface area contributed by atoms with E-state index in [9.17, 15) is 10.1 Å². The van der Waals surface area contributed by atoms with Gasteiger partial charge in [-0.05, 0) is 31.9 Å². The molecule has 0 bridgehead atoms.